The molecule has 5 heteroatoms. The Bertz CT molecular complexity index is 595. The first-order valence-corrected chi connectivity index (χ1v) is 7.37. The van der Waals surface area contributed by atoms with E-state index in [4.69, 9.17) is 0 Å². The van der Waals surface area contributed by atoms with E-state index in [0.29, 0.717) is 12.5 Å². The summed E-state index contributed by atoms with van der Waals surface area (Å²) in [6.45, 7) is 9.81. The van der Waals surface area contributed by atoms with E-state index in [1.54, 1.807) is 0 Å². The van der Waals surface area contributed by atoms with Crippen molar-refractivity contribution < 1.29 is 0 Å². The average Bonchev–Trinajstić information content (AvgIpc) is 2.46. The van der Waals surface area contributed by atoms with Crippen molar-refractivity contribution in [1.82, 2.24) is 15.0 Å². The zero-order valence-corrected chi connectivity index (χ0v) is 13.1. The summed E-state index contributed by atoms with van der Waals surface area (Å²) in [4.78, 5) is 13.5. The zero-order valence-electron chi connectivity index (χ0n) is 13.1. The molecule has 2 heterocycles. The van der Waals surface area contributed by atoms with Crippen LogP contribution in [-0.4, -0.2) is 21.5 Å². The molecule has 5 nitrogen and oxygen atoms in total. The van der Waals surface area contributed by atoms with Gasteiger partial charge in [0.2, 0.25) is 0 Å². The highest BCUT2D eigenvalue weighted by atomic mass is 15.1. The van der Waals surface area contributed by atoms with Crippen molar-refractivity contribution in [3.63, 3.8) is 0 Å². The van der Waals surface area contributed by atoms with Gasteiger partial charge in [0.1, 0.15) is 17.5 Å². The Kier molecular flexibility index (Phi) is 5.09. The lowest BCUT2D eigenvalue weighted by Crippen LogP contribution is -2.10. The lowest BCUT2D eigenvalue weighted by atomic mass is 10.2. The highest BCUT2D eigenvalue weighted by molar-refractivity contribution is 5.48. The fraction of sp³-hybridized carbons (Fsp3) is 0.438. The molecule has 2 aromatic heterocycles. The van der Waals surface area contributed by atoms with Crippen molar-refractivity contribution in [3.8, 4) is 0 Å². The monoisotopic (exact) mass is 285 g/mol. The number of aryl methyl sites for hydroxylation is 1. The van der Waals surface area contributed by atoms with Crippen LogP contribution in [0.3, 0.4) is 0 Å². The lowest BCUT2D eigenvalue weighted by molar-refractivity contribution is 0.774. The largest absolute Gasteiger partial charge is 0.370 e. The van der Waals surface area contributed by atoms with Gasteiger partial charge in [0.05, 0.1) is 12.2 Å². The minimum atomic E-state index is 0.292. The number of aromatic nitrogens is 3. The highest BCUT2D eigenvalue weighted by Crippen LogP contribution is 2.17. The second-order valence-corrected chi connectivity index (χ2v) is 5.30. The summed E-state index contributed by atoms with van der Waals surface area (Å²) in [6, 6.07) is 5.95. The van der Waals surface area contributed by atoms with Crippen molar-refractivity contribution in [2.75, 3.05) is 17.2 Å². The van der Waals surface area contributed by atoms with Gasteiger partial charge in [0.15, 0.2) is 0 Å². The maximum absolute atomic E-state index is 4.57. The van der Waals surface area contributed by atoms with E-state index in [9.17, 15) is 0 Å². The first kappa shape index (κ1) is 15.2. The van der Waals surface area contributed by atoms with Crippen LogP contribution >= 0.6 is 0 Å². The number of hydrogen-bond donors (Lipinski definition) is 2. The molecule has 0 aliphatic heterocycles. The third-order valence-corrected chi connectivity index (χ3v) is 3.17. The molecule has 0 aliphatic carbocycles. The molecule has 21 heavy (non-hydrogen) atoms. The summed E-state index contributed by atoms with van der Waals surface area (Å²) in [6.07, 6.45) is 1.81. The van der Waals surface area contributed by atoms with Crippen molar-refractivity contribution in [1.29, 1.82) is 0 Å². The minimum Gasteiger partial charge on any atom is -0.370 e. The first-order chi connectivity index (χ1) is 10.1. The van der Waals surface area contributed by atoms with Crippen LogP contribution in [0, 0.1) is 6.92 Å². The standard InChI is InChI=1S/C16H23N5/c1-5-17-14-9-15(21-16(20-14)11(2)3)19-10-13-12(4)7-6-8-18-13/h6-9,11H,5,10H2,1-4H3,(H2,17,19,20,21). The molecule has 0 aromatic carbocycles. The Labute approximate surface area is 126 Å². The van der Waals surface area contributed by atoms with E-state index in [2.05, 4.69) is 59.3 Å². The van der Waals surface area contributed by atoms with Crippen LogP contribution in [0.4, 0.5) is 11.6 Å². The Balaban J connectivity index is 2.17. The zero-order chi connectivity index (χ0) is 15.2. The molecular formula is C16H23N5. The van der Waals surface area contributed by atoms with Crippen LogP contribution in [0.15, 0.2) is 24.4 Å². The topological polar surface area (TPSA) is 62.7 Å². The van der Waals surface area contributed by atoms with Gasteiger partial charge in [-0.15, -0.1) is 0 Å². The first-order valence-electron chi connectivity index (χ1n) is 7.37. The number of hydrogen-bond acceptors (Lipinski definition) is 5. The van der Waals surface area contributed by atoms with Crippen LogP contribution in [0.5, 0.6) is 0 Å². The third kappa shape index (κ3) is 4.15. The molecule has 0 saturated carbocycles. The number of nitrogens with one attached hydrogen (secondary N) is 2. The van der Waals surface area contributed by atoms with Gasteiger partial charge in [-0.05, 0) is 25.5 Å². The maximum Gasteiger partial charge on any atom is 0.135 e. The molecule has 0 bridgehead atoms. The van der Waals surface area contributed by atoms with E-state index in [0.717, 1.165) is 29.7 Å². The van der Waals surface area contributed by atoms with Gasteiger partial charge in [-0.3, -0.25) is 4.98 Å². The van der Waals surface area contributed by atoms with Crippen molar-refractivity contribution >= 4 is 11.6 Å². The Morgan fingerprint density at radius 1 is 1.14 bits per heavy atom. The van der Waals surface area contributed by atoms with Gasteiger partial charge in [-0.1, -0.05) is 19.9 Å². The lowest BCUT2D eigenvalue weighted by Gasteiger charge is -2.12. The van der Waals surface area contributed by atoms with E-state index in [1.165, 1.54) is 5.56 Å². The second kappa shape index (κ2) is 7.02. The second-order valence-electron chi connectivity index (χ2n) is 5.30. The summed E-state index contributed by atoms with van der Waals surface area (Å²) in [5.74, 6) is 2.82. The maximum atomic E-state index is 4.57. The summed E-state index contributed by atoms with van der Waals surface area (Å²) < 4.78 is 0. The quantitative estimate of drug-likeness (QED) is 0.852. The smallest absolute Gasteiger partial charge is 0.135 e. The van der Waals surface area contributed by atoms with Gasteiger partial charge >= 0.3 is 0 Å². The van der Waals surface area contributed by atoms with Crippen LogP contribution < -0.4 is 10.6 Å². The van der Waals surface area contributed by atoms with Crippen molar-refractivity contribution in [3.05, 3.63) is 41.5 Å². The number of pyridine rings is 1. The Hall–Kier alpha value is -2.17. The molecule has 0 aliphatic rings. The van der Waals surface area contributed by atoms with Gasteiger partial charge in [-0.25, -0.2) is 9.97 Å². The molecular weight excluding hydrogens is 262 g/mol. The van der Waals surface area contributed by atoms with Crippen LogP contribution in [0.25, 0.3) is 0 Å². The van der Waals surface area contributed by atoms with Gasteiger partial charge in [-0.2, -0.15) is 0 Å². The molecule has 2 N–H and O–H groups in total. The fourth-order valence-electron chi connectivity index (χ4n) is 1.96. The third-order valence-electron chi connectivity index (χ3n) is 3.17. The molecule has 0 fully saturated rings. The average molecular weight is 285 g/mol. The molecule has 112 valence electrons. The number of nitrogens with zero attached hydrogens (tertiary/aromatic N) is 3. The van der Waals surface area contributed by atoms with Crippen LogP contribution in [-0.2, 0) is 6.54 Å². The summed E-state index contributed by atoms with van der Waals surface area (Å²) in [5, 5.41) is 6.59. The molecule has 0 radical (unpaired) electrons. The normalized spacial score (nSPS) is 10.7. The minimum absolute atomic E-state index is 0.292. The van der Waals surface area contributed by atoms with Crippen LogP contribution in [0.2, 0.25) is 0 Å². The summed E-state index contributed by atoms with van der Waals surface area (Å²) in [7, 11) is 0. The summed E-state index contributed by atoms with van der Waals surface area (Å²) in [5.41, 5.74) is 2.21. The van der Waals surface area contributed by atoms with Crippen molar-refractivity contribution in [2.45, 2.75) is 40.2 Å². The molecule has 0 saturated heterocycles. The molecule has 0 amide bonds. The van der Waals surface area contributed by atoms with Gasteiger partial charge in [0, 0.05) is 24.7 Å². The molecule has 0 unspecified atom stereocenters. The number of anilines is 2. The van der Waals surface area contributed by atoms with Gasteiger partial charge in [0.25, 0.3) is 0 Å². The highest BCUT2D eigenvalue weighted by Gasteiger charge is 2.08. The SMILES string of the molecule is CCNc1cc(NCc2ncccc2C)nc(C(C)C)n1. The Morgan fingerprint density at radius 3 is 2.48 bits per heavy atom. The predicted molar refractivity (Wildman–Crippen MR) is 86.6 cm³/mol. The van der Waals surface area contributed by atoms with E-state index in [-0.39, 0.29) is 0 Å². The van der Waals surface area contributed by atoms with Crippen LogP contribution in [0.1, 0.15) is 43.8 Å². The van der Waals surface area contributed by atoms with Crippen molar-refractivity contribution in [2.24, 2.45) is 0 Å². The molecule has 2 rings (SSSR count). The molecule has 0 spiro atoms. The molecule has 0 atom stereocenters. The fourth-order valence-corrected chi connectivity index (χ4v) is 1.96. The van der Waals surface area contributed by atoms with E-state index < -0.39 is 0 Å². The predicted octanol–water partition coefficient (Wildman–Crippen LogP) is 3.35. The number of rotatable bonds is 6. The Morgan fingerprint density at radius 2 is 1.86 bits per heavy atom. The molecule has 2 aromatic rings. The summed E-state index contributed by atoms with van der Waals surface area (Å²) >= 11 is 0. The van der Waals surface area contributed by atoms with E-state index >= 15 is 0 Å². The van der Waals surface area contributed by atoms with Gasteiger partial charge < -0.3 is 10.6 Å². The van der Waals surface area contributed by atoms with E-state index in [1.807, 2.05) is 18.3 Å².